The Hall–Kier alpha value is -5.60. The smallest absolute Gasteiger partial charge is 0.0564 e. The van der Waals surface area contributed by atoms with E-state index in [4.69, 9.17) is 0 Å². The maximum Gasteiger partial charge on any atom is 0.0564 e. The third-order valence-electron chi connectivity index (χ3n) is 14.0. The molecule has 2 heteroatoms. The van der Waals surface area contributed by atoms with Gasteiger partial charge in [-0.1, -0.05) is 145 Å². The zero-order chi connectivity index (χ0) is 37.4. The zero-order valence-electron chi connectivity index (χ0n) is 32.9. The van der Waals surface area contributed by atoms with Gasteiger partial charge >= 0.3 is 0 Å². The summed E-state index contributed by atoms with van der Waals surface area (Å²) in [5.74, 6) is 0. The quantitative estimate of drug-likeness (QED) is 0.180. The van der Waals surface area contributed by atoms with Gasteiger partial charge in [-0.15, -0.1) is 0 Å². The molecular formula is C53H48N2. The molecule has 6 aromatic rings. The highest BCUT2D eigenvalue weighted by Crippen LogP contribution is 2.66. The van der Waals surface area contributed by atoms with Crippen molar-refractivity contribution in [1.29, 1.82) is 0 Å². The van der Waals surface area contributed by atoms with Crippen LogP contribution in [0.25, 0.3) is 32.7 Å². The molecule has 0 spiro atoms. The Kier molecular flexibility index (Phi) is 6.70. The molecule has 0 N–H and O–H groups in total. The summed E-state index contributed by atoms with van der Waals surface area (Å²) in [4.78, 5) is 5.43. The predicted octanol–water partition coefficient (Wildman–Crippen LogP) is 13.7. The van der Waals surface area contributed by atoms with Gasteiger partial charge < -0.3 is 9.80 Å². The Bertz CT molecular complexity index is 2780. The molecule has 0 saturated heterocycles. The summed E-state index contributed by atoms with van der Waals surface area (Å²) >= 11 is 0. The lowest BCUT2D eigenvalue weighted by molar-refractivity contribution is 0.498. The van der Waals surface area contributed by atoms with Crippen LogP contribution < -0.4 is 9.80 Å². The Labute approximate surface area is 325 Å². The van der Waals surface area contributed by atoms with Crippen molar-refractivity contribution in [1.82, 2.24) is 0 Å². The fourth-order valence-corrected chi connectivity index (χ4v) is 10.9. The zero-order valence-corrected chi connectivity index (χ0v) is 32.9. The average Bonchev–Trinajstić information content (AvgIpc) is 3.20. The van der Waals surface area contributed by atoms with Gasteiger partial charge in [-0.3, -0.25) is 0 Å². The summed E-state index contributed by atoms with van der Waals surface area (Å²) in [5.41, 5.74) is 17.7. The third kappa shape index (κ3) is 4.49. The molecule has 55 heavy (non-hydrogen) atoms. The number of para-hydroxylation sites is 1. The number of allylic oxidation sites excluding steroid dienone is 5. The molecule has 3 aliphatic heterocycles. The highest BCUT2D eigenvalue weighted by atomic mass is 15.2. The van der Waals surface area contributed by atoms with Gasteiger partial charge in [-0.25, -0.2) is 0 Å². The van der Waals surface area contributed by atoms with Gasteiger partial charge in [0, 0.05) is 27.6 Å². The fraction of sp³-hybridized carbons (Fsp3) is 0.245. The highest BCUT2D eigenvalue weighted by Gasteiger charge is 2.54. The molecule has 0 bridgehead atoms. The lowest BCUT2D eigenvalue weighted by Gasteiger charge is -2.58. The number of hydrogen-bond donors (Lipinski definition) is 0. The lowest BCUT2D eigenvalue weighted by atomic mass is 9.58. The van der Waals surface area contributed by atoms with E-state index in [1.165, 1.54) is 89.0 Å². The minimum atomic E-state index is -0.238. The van der Waals surface area contributed by atoms with Gasteiger partial charge in [0.15, 0.2) is 0 Å². The van der Waals surface area contributed by atoms with E-state index in [2.05, 4.69) is 191 Å². The van der Waals surface area contributed by atoms with Crippen LogP contribution in [0.4, 0.5) is 17.1 Å². The van der Waals surface area contributed by atoms with E-state index in [1.807, 2.05) is 0 Å². The summed E-state index contributed by atoms with van der Waals surface area (Å²) in [6.07, 6.45) is 12.7. The first-order valence-corrected chi connectivity index (χ1v) is 20.3. The highest BCUT2D eigenvalue weighted by molar-refractivity contribution is 5.96. The molecule has 11 rings (SSSR count). The van der Waals surface area contributed by atoms with Gasteiger partial charge in [-0.05, 0) is 122 Å². The van der Waals surface area contributed by atoms with Crippen LogP contribution in [-0.2, 0) is 16.2 Å². The second-order valence-electron chi connectivity index (χ2n) is 18.1. The van der Waals surface area contributed by atoms with Crippen molar-refractivity contribution >= 4 is 38.6 Å². The lowest BCUT2D eigenvalue weighted by Crippen LogP contribution is -2.50. The fourth-order valence-electron chi connectivity index (χ4n) is 10.9. The molecule has 0 amide bonds. The van der Waals surface area contributed by atoms with Crippen LogP contribution in [0.3, 0.4) is 0 Å². The van der Waals surface area contributed by atoms with E-state index < -0.39 is 0 Å². The maximum atomic E-state index is 2.74. The van der Waals surface area contributed by atoms with E-state index >= 15 is 0 Å². The van der Waals surface area contributed by atoms with Crippen molar-refractivity contribution in [3.05, 3.63) is 184 Å². The van der Waals surface area contributed by atoms with Gasteiger partial charge in [0.1, 0.15) is 0 Å². The average molecular weight is 713 g/mol. The molecule has 1 unspecified atom stereocenters. The van der Waals surface area contributed by atoms with E-state index in [9.17, 15) is 0 Å². The van der Waals surface area contributed by atoms with E-state index in [-0.39, 0.29) is 22.3 Å². The van der Waals surface area contributed by atoms with Crippen LogP contribution in [0.2, 0.25) is 0 Å². The summed E-state index contributed by atoms with van der Waals surface area (Å²) in [5, 5.41) is 5.14. The Morgan fingerprint density at radius 3 is 1.93 bits per heavy atom. The summed E-state index contributed by atoms with van der Waals surface area (Å²) in [6.45, 7) is 14.9. The molecule has 1 atom stereocenters. The van der Waals surface area contributed by atoms with Crippen molar-refractivity contribution in [2.45, 2.75) is 83.1 Å². The largest absolute Gasteiger partial charge is 0.338 e. The maximum absolute atomic E-state index is 2.74. The monoisotopic (exact) mass is 712 g/mol. The van der Waals surface area contributed by atoms with Gasteiger partial charge in [-0.2, -0.15) is 0 Å². The van der Waals surface area contributed by atoms with Crippen LogP contribution in [0.15, 0.2) is 162 Å². The third-order valence-corrected chi connectivity index (χ3v) is 14.0. The van der Waals surface area contributed by atoms with E-state index in [0.29, 0.717) is 0 Å². The normalized spacial score (nSPS) is 20.6. The number of fused-ring (bicyclic) bond motifs is 2. The minimum absolute atomic E-state index is 0.142. The molecule has 0 fully saturated rings. The summed E-state index contributed by atoms with van der Waals surface area (Å²) in [6, 6.07) is 44.0. The van der Waals surface area contributed by atoms with Crippen LogP contribution in [0.5, 0.6) is 0 Å². The standard InChI is InChI=1S/C53H48N2/c1-51(2)42-21-14-22-43-48(42)55-49-44(51)29-38(37-24-23-33-15-10-12-17-35(33)27-37)30-45(49)53(5,6)47-32-41(31-46(50(47)55)52(43,3)4)54(39-19-8-7-9-20-39)40-26-25-34-16-11-13-18-36(34)28-40/h7-8,10-19,21-30,32,41H,9,20,31H2,1-6H3. The molecule has 5 aliphatic rings. The first kappa shape index (κ1) is 32.8. The van der Waals surface area contributed by atoms with E-state index in [0.717, 1.165) is 19.3 Å². The summed E-state index contributed by atoms with van der Waals surface area (Å²) in [7, 11) is 0. The van der Waals surface area contributed by atoms with Crippen molar-refractivity contribution in [3.63, 3.8) is 0 Å². The first-order chi connectivity index (χ1) is 26.5. The van der Waals surface area contributed by atoms with Crippen LogP contribution >= 0.6 is 0 Å². The number of rotatable bonds is 4. The second-order valence-corrected chi connectivity index (χ2v) is 18.1. The molecule has 0 saturated carbocycles. The molecule has 3 heterocycles. The second kappa shape index (κ2) is 11.2. The topological polar surface area (TPSA) is 6.48 Å². The van der Waals surface area contributed by atoms with Crippen molar-refractivity contribution < 1.29 is 0 Å². The molecule has 0 radical (unpaired) electrons. The minimum Gasteiger partial charge on any atom is -0.338 e. The number of hydrogen-bond acceptors (Lipinski definition) is 2. The molecular weight excluding hydrogens is 665 g/mol. The number of benzene rings is 6. The van der Waals surface area contributed by atoms with Gasteiger partial charge in [0.25, 0.3) is 0 Å². The van der Waals surface area contributed by atoms with Gasteiger partial charge in [0.05, 0.1) is 23.1 Å². The molecule has 2 aliphatic carbocycles. The number of nitrogens with zero attached hydrogens (tertiary/aromatic N) is 2. The number of anilines is 3. The first-order valence-electron chi connectivity index (χ1n) is 20.3. The van der Waals surface area contributed by atoms with Crippen LogP contribution in [-0.4, -0.2) is 6.04 Å². The SMILES string of the molecule is CC1(C)C2=CC(N(C3=CC=CCC3)c3ccc4ccccc4c3)CC3=C2N2c4c1cc(-c1ccc5ccccc5c1)cc4C(C)(C)c1cccc(c12)C3(C)C. The van der Waals surface area contributed by atoms with Crippen molar-refractivity contribution in [2.75, 3.05) is 9.80 Å². The Balaban J connectivity index is 1.18. The van der Waals surface area contributed by atoms with Crippen molar-refractivity contribution in [3.8, 4) is 11.1 Å². The molecule has 270 valence electrons. The molecule has 2 nitrogen and oxygen atoms in total. The predicted molar refractivity (Wildman–Crippen MR) is 233 cm³/mol. The Morgan fingerprint density at radius 1 is 0.582 bits per heavy atom. The molecule has 0 aromatic heterocycles. The van der Waals surface area contributed by atoms with Crippen LogP contribution in [0, 0.1) is 0 Å². The van der Waals surface area contributed by atoms with Crippen molar-refractivity contribution in [2.24, 2.45) is 0 Å². The van der Waals surface area contributed by atoms with E-state index in [1.54, 1.807) is 5.57 Å². The Morgan fingerprint density at radius 2 is 1.22 bits per heavy atom. The summed E-state index contributed by atoms with van der Waals surface area (Å²) < 4.78 is 0. The molecule has 6 aromatic carbocycles. The van der Waals surface area contributed by atoms with Crippen LogP contribution in [0.1, 0.15) is 83.1 Å². The van der Waals surface area contributed by atoms with Gasteiger partial charge in [0.2, 0.25) is 0 Å².